The monoisotopic (exact) mass is 289 g/mol. The molecule has 9 heteroatoms. The van der Waals surface area contributed by atoms with Crippen LogP contribution in [0.2, 0.25) is 0 Å². The number of rotatable bonds is 2. The number of aryl methyl sites for hydroxylation is 1. The lowest BCUT2D eigenvalue weighted by Gasteiger charge is -2.11. The smallest absolute Gasteiger partial charge is 0.252 e. The van der Waals surface area contributed by atoms with Crippen molar-refractivity contribution in [2.75, 3.05) is 11.4 Å². The number of halogens is 1. The summed E-state index contributed by atoms with van der Waals surface area (Å²) in [4.78, 5) is 12.8. The zero-order chi connectivity index (χ0) is 13.5. The number of nitriles is 1. The number of aromatic nitrogens is 1. The number of carbonyl (C=O) groups is 1. The molecule has 0 N–H and O–H groups in total. The Morgan fingerprint density at radius 1 is 1.61 bits per heavy atom. The normalized spacial score (nSPS) is 20.2. The van der Waals surface area contributed by atoms with Crippen molar-refractivity contribution in [2.24, 2.45) is 0 Å². The number of hydrogen-bond acceptors (Lipinski definition) is 6. The predicted octanol–water partition coefficient (Wildman–Crippen LogP) is 0.529. The van der Waals surface area contributed by atoms with Gasteiger partial charge in [0.05, 0.1) is 0 Å². The van der Waals surface area contributed by atoms with Crippen molar-refractivity contribution in [1.29, 1.82) is 5.26 Å². The van der Waals surface area contributed by atoms with Crippen LogP contribution in [0.1, 0.15) is 17.7 Å². The van der Waals surface area contributed by atoms with Crippen LogP contribution < -0.4 is 4.90 Å². The molecule has 1 aromatic heterocycles. The maximum atomic E-state index is 11.7. The summed E-state index contributed by atoms with van der Waals surface area (Å²) in [5.41, 5.74) is 0.466. The minimum absolute atomic E-state index is 0.0252. The molecule has 0 radical (unpaired) electrons. The van der Waals surface area contributed by atoms with Crippen LogP contribution >= 0.6 is 10.7 Å². The third kappa shape index (κ3) is 2.07. The van der Waals surface area contributed by atoms with Gasteiger partial charge in [0, 0.05) is 23.6 Å². The van der Waals surface area contributed by atoms with Crippen molar-refractivity contribution in [1.82, 2.24) is 5.16 Å². The highest BCUT2D eigenvalue weighted by Gasteiger charge is 2.40. The zero-order valence-electron chi connectivity index (χ0n) is 9.25. The molecule has 18 heavy (non-hydrogen) atoms. The van der Waals surface area contributed by atoms with Crippen LogP contribution in [0.5, 0.6) is 0 Å². The summed E-state index contributed by atoms with van der Waals surface area (Å²) in [7, 11) is 1.39. The molecule has 7 nitrogen and oxygen atoms in total. The zero-order valence-corrected chi connectivity index (χ0v) is 10.8. The van der Waals surface area contributed by atoms with Crippen molar-refractivity contribution in [3.05, 3.63) is 11.3 Å². The molecular weight excluding hydrogens is 282 g/mol. The molecule has 1 aliphatic heterocycles. The molecule has 1 aliphatic rings. The van der Waals surface area contributed by atoms with Gasteiger partial charge in [-0.25, -0.2) is 8.42 Å². The number of amides is 1. The summed E-state index contributed by atoms with van der Waals surface area (Å²) < 4.78 is 27.3. The molecule has 96 valence electrons. The van der Waals surface area contributed by atoms with Crippen LogP contribution in [-0.2, 0) is 13.8 Å². The third-order valence-electron chi connectivity index (χ3n) is 2.69. The highest BCUT2D eigenvalue weighted by Crippen LogP contribution is 2.30. The van der Waals surface area contributed by atoms with Crippen molar-refractivity contribution >= 4 is 31.5 Å². The predicted molar refractivity (Wildman–Crippen MR) is 61.5 cm³/mol. The lowest BCUT2D eigenvalue weighted by atomic mass is 10.2. The molecule has 1 amide bonds. The van der Waals surface area contributed by atoms with E-state index in [2.05, 4.69) is 5.16 Å². The molecule has 1 aromatic rings. The average Bonchev–Trinajstić information content (AvgIpc) is 2.80. The summed E-state index contributed by atoms with van der Waals surface area (Å²) >= 11 is 0. The van der Waals surface area contributed by atoms with Crippen molar-refractivity contribution < 1.29 is 17.7 Å². The van der Waals surface area contributed by atoms with E-state index in [0.29, 0.717) is 5.69 Å². The van der Waals surface area contributed by atoms with E-state index < -0.39 is 20.2 Å². The fraction of sp³-hybridized carbons (Fsp3) is 0.444. The van der Waals surface area contributed by atoms with E-state index in [1.165, 1.54) is 0 Å². The second kappa shape index (κ2) is 4.26. The molecule has 2 heterocycles. The fourth-order valence-corrected chi connectivity index (χ4v) is 2.76. The quantitative estimate of drug-likeness (QED) is 0.735. The maximum Gasteiger partial charge on any atom is 0.252 e. The molecule has 0 saturated carbocycles. The number of hydrogen-bond donors (Lipinski definition) is 0. The molecule has 1 atom stereocenters. The van der Waals surface area contributed by atoms with Crippen LogP contribution in [0.3, 0.4) is 0 Å². The van der Waals surface area contributed by atoms with Crippen molar-refractivity contribution in [2.45, 2.75) is 18.6 Å². The Morgan fingerprint density at radius 3 is 2.78 bits per heavy atom. The largest absolute Gasteiger partial charge is 0.336 e. The van der Waals surface area contributed by atoms with Gasteiger partial charge in [-0.3, -0.25) is 9.69 Å². The fourth-order valence-electron chi connectivity index (χ4n) is 1.73. The van der Waals surface area contributed by atoms with Gasteiger partial charge in [-0.05, 0) is 6.92 Å². The number of nitrogens with zero attached hydrogens (tertiary/aromatic N) is 3. The molecule has 0 bridgehead atoms. The SMILES string of the molecule is Cc1noc(N2CC(S(=O)(=O)Cl)CC2=O)c1C#N. The Kier molecular flexibility index (Phi) is 3.04. The summed E-state index contributed by atoms with van der Waals surface area (Å²) in [5.74, 6) is -0.486. The first kappa shape index (κ1) is 12.9. The van der Waals surface area contributed by atoms with E-state index in [1.807, 2.05) is 6.07 Å². The van der Waals surface area contributed by atoms with Crippen LogP contribution in [0, 0.1) is 18.3 Å². The molecular formula is C9H8ClN3O4S. The second-order valence-electron chi connectivity index (χ2n) is 3.87. The van der Waals surface area contributed by atoms with Gasteiger partial charge in [-0.15, -0.1) is 0 Å². The summed E-state index contributed by atoms with van der Waals surface area (Å²) in [6, 6.07) is 1.86. The molecule has 1 unspecified atom stereocenters. The molecule has 2 rings (SSSR count). The third-order valence-corrected chi connectivity index (χ3v) is 4.56. The van der Waals surface area contributed by atoms with Gasteiger partial charge in [0.15, 0.2) is 0 Å². The summed E-state index contributed by atoms with van der Waals surface area (Å²) in [5, 5.41) is 11.5. The van der Waals surface area contributed by atoms with Gasteiger partial charge in [0.2, 0.25) is 15.0 Å². The van der Waals surface area contributed by atoms with Gasteiger partial charge >= 0.3 is 0 Å². The first-order chi connectivity index (χ1) is 8.34. The van der Waals surface area contributed by atoms with Gasteiger partial charge < -0.3 is 4.52 Å². The summed E-state index contributed by atoms with van der Waals surface area (Å²) in [6.07, 6.45) is -0.226. The lowest BCUT2D eigenvalue weighted by molar-refractivity contribution is -0.117. The molecule has 0 spiro atoms. The average molecular weight is 290 g/mol. The lowest BCUT2D eigenvalue weighted by Crippen LogP contribution is -2.27. The molecule has 0 aliphatic carbocycles. The van der Waals surface area contributed by atoms with Crippen LogP contribution in [-0.4, -0.2) is 31.3 Å². The minimum Gasteiger partial charge on any atom is -0.336 e. The van der Waals surface area contributed by atoms with E-state index in [4.69, 9.17) is 20.5 Å². The van der Waals surface area contributed by atoms with E-state index in [0.717, 1.165) is 4.90 Å². The topological polar surface area (TPSA) is 104 Å². The van der Waals surface area contributed by atoms with Crippen LogP contribution in [0.25, 0.3) is 0 Å². The van der Waals surface area contributed by atoms with Gasteiger partial charge in [-0.2, -0.15) is 5.26 Å². The minimum atomic E-state index is -3.82. The first-order valence-corrected chi connectivity index (χ1v) is 7.32. The Bertz CT molecular complexity index is 645. The second-order valence-corrected chi connectivity index (χ2v) is 6.77. The standard InChI is InChI=1S/C9H8ClN3O4S/c1-5-7(3-11)9(17-12-5)13-4-6(2-8(13)14)18(10,15)16/h6H,2,4H2,1H3. The molecule has 1 saturated heterocycles. The van der Waals surface area contributed by atoms with Crippen molar-refractivity contribution in [3.63, 3.8) is 0 Å². The Morgan fingerprint density at radius 2 is 2.28 bits per heavy atom. The van der Waals surface area contributed by atoms with E-state index in [-0.39, 0.29) is 24.4 Å². The van der Waals surface area contributed by atoms with Gasteiger partial charge in [0.25, 0.3) is 5.88 Å². The molecule has 0 aromatic carbocycles. The first-order valence-electron chi connectivity index (χ1n) is 4.94. The van der Waals surface area contributed by atoms with E-state index >= 15 is 0 Å². The Balaban J connectivity index is 2.37. The van der Waals surface area contributed by atoms with Crippen molar-refractivity contribution in [3.8, 4) is 6.07 Å². The highest BCUT2D eigenvalue weighted by atomic mass is 35.7. The van der Waals surface area contributed by atoms with Gasteiger partial charge in [-0.1, -0.05) is 5.16 Å². The highest BCUT2D eigenvalue weighted by molar-refractivity contribution is 8.14. The van der Waals surface area contributed by atoms with E-state index in [1.54, 1.807) is 6.92 Å². The molecule has 1 fully saturated rings. The van der Waals surface area contributed by atoms with Gasteiger partial charge in [0.1, 0.15) is 22.6 Å². The van der Waals surface area contributed by atoms with Crippen LogP contribution in [0.15, 0.2) is 4.52 Å². The van der Waals surface area contributed by atoms with E-state index in [9.17, 15) is 13.2 Å². The van der Waals surface area contributed by atoms with Crippen LogP contribution in [0.4, 0.5) is 5.88 Å². The Hall–Kier alpha value is -1.59. The number of carbonyl (C=O) groups excluding carboxylic acids is 1. The summed E-state index contributed by atoms with van der Waals surface area (Å²) in [6.45, 7) is 1.43. The number of anilines is 1. The Labute approximate surface area is 107 Å². The maximum absolute atomic E-state index is 11.7.